The fraction of sp³-hybridized carbons (Fsp3) is 0.0526. The Bertz CT molecular complexity index is 1270. The van der Waals surface area contributed by atoms with E-state index in [1.807, 2.05) is 42.0 Å². The van der Waals surface area contributed by atoms with Gasteiger partial charge in [-0.2, -0.15) is 0 Å². The molecule has 0 spiro atoms. The highest BCUT2D eigenvalue weighted by Gasteiger charge is 2.15. The number of aromatic nitrogens is 6. The van der Waals surface area contributed by atoms with E-state index < -0.39 is 0 Å². The predicted octanol–water partition coefficient (Wildman–Crippen LogP) is 4.43. The number of nitrogens with one attached hydrogen (secondary N) is 1. The van der Waals surface area contributed by atoms with Crippen molar-refractivity contribution in [1.29, 1.82) is 0 Å². The van der Waals surface area contributed by atoms with Crippen LogP contribution in [0.5, 0.6) is 0 Å². The zero-order valence-corrected chi connectivity index (χ0v) is 15.4. The van der Waals surface area contributed by atoms with Gasteiger partial charge >= 0.3 is 0 Å². The number of benzene rings is 1. The molecule has 6 nitrogen and oxygen atoms in total. The predicted molar refractivity (Wildman–Crippen MR) is 104 cm³/mol. The third-order valence-corrected chi connectivity index (χ3v) is 4.75. The first-order valence-electron chi connectivity index (χ1n) is 8.11. The summed E-state index contributed by atoms with van der Waals surface area (Å²) >= 11 is 3.52. The number of H-pyrrole nitrogens is 1. The maximum absolute atomic E-state index is 4.79. The van der Waals surface area contributed by atoms with Crippen molar-refractivity contribution in [2.24, 2.45) is 0 Å². The third kappa shape index (κ3) is 2.40. The van der Waals surface area contributed by atoms with Crippen molar-refractivity contribution >= 4 is 38.0 Å². The standard InChI is InChI=1S/C19H13BrN6/c1-11-3-2-4-14(23-11)17-24-18-16(21-10-22-18)19(25-17)26-8-7-12-9-13(20)5-6-15(12)26/h2-10H,1H3,(H,21,22,24,25). The van der Waals surface area contributed by atoms with Gasteiger partial charge in [0.1, 0.15) is 5.69 Å². The number of pyridine rings is 1. The Morgan fingerprint density at radius 1 is 1.04 bits per heavy atom. The average Bonchev–Trinajstić information content (AvgIpc) is 3.27. The van der Waals surface area contributed by atoms with Crippen LogP contribution in [-0.2, 0) is 0 Å². The molecule has 126 valence electrons. The topological polar surface area (TPSA) is 72.3 Å². The van der Waals surface area contributed by atoms with Gasteiger partial charge in [0.05, 0.1) is 11.8 Å². The Kier molecular flexibility index (Phi) is 3.36. The number of aryl methyl sites for hydroxylation is 1. The smallest absolute Gasteiger partial charge is 0.182 e. The van der Waals surface area contributed by atoms with Crippen molar-refractivity contribution < 1.29 is 0 Å². The normalized spacial score (nSPS) is 11.5. The molecule has 0 saturated heterocycles. The van der Waals surface area contributed by atoms with Crippen molar-refractivity contribution in [1.82, 2.24) is 29.5 Å². The number of hydrogen-bond donors (Lipinski definition) is 1. The first kappa shape index (κ1) is 15.2. The van der Waals surface area contributed by atoms with E-state index in [0.29, 0.717) is 11.5 Å². The van der Waals surface area contributed by atoms with Crippen LogP contribution in [0, 0.1) is 6.92 Å². The largest absolute Gasteiger partial charge is 0.329 e. The lowest BCUT2D eigenvalue weighted by molar-refractivity contribution is 1.03. The van der Waals surface area contributed by atoms with Gasteiger partial charge in [-0.05, 0) is 43.3 Å². The lowest BCUT2D eigenvalue weighted by atomic mass is 10.2. The SMILES string of the molecule is Cc1cccc(-c2nc(-n3ccc4cc(Br)ccc43)c3nc[nH]c3n2)n1. The van der Waals surface area contributed by atoms with Gasteiger partial charge in [0.25, 0.3) is 0 Å². The summed E-state index contributed by atoms with van der Waals surface area (Å²) in [5.74, 6) is 1.30. The molecule has 5 rings (SSSR count). The summed E-state index contributed by atoms with van der Waals surface area (Å²) in [4.78, 5) is 21.5. The molecule has 1 aromatic carbocycles. The van der Waals surface area contributed by atoms with Gasteiger partial charge in [-0.3, -0.25) is 4.57 Å². The van der Waals surface area contributed by atoms with Crippen LogP contribution >= 0.6 is 15.9 Å². The number of imidazole rings is 1. The Balaban J connectivity index is 1.80. The molecular weight excluding hydrogens is 392 g/mol. The van der Waals surface area contributed by atoms with E-state index in [4.69, 9.17) is 4.98 Å². The zero-order valence-electron chi connectivity index (χ0n) is 13.8. The summed E-state index contributed by atoms with van der Waals surface area (Å²) in [5, 5.41) is 1.12. The number of aromatic amines is 1. The second-order valence-corrected chi connectivity index (χ2v) is 6.94. The molecule has 0 amide bonds. The summed E-state index contributed by atoms with van der Waals surface area (Å²) < 4.78 is 3.08. The Morgan fingerprint density at radius 2 is 1.96 bits per heavy atom. The third-order valence-electron chi connectivity index (χ3n) is 4.26. The van der Waals surface area contributed by atoms with E-state index in [9.17, 15) is 0 Å². The molecule has 0 radical (unpaired) electrons. The number of rotatable bonds is 2. The lowest BCUT2D eigenvalue weighted by Gasteiger charge is -2.08. The molecule has 0 unspecified atom stereocenters. The van der Waals surface area contributed by atoms with Gasteiger partial charge in [0, 0.05) is 21.7 Å². The molecular formula is C19H13BrN6. The Labute approximate surface area is 157 Å². The molecule has 0 aliphatic rings. The second-order valence-electron chi connectivity index (χ2n) is 6.02. The monoisotopic (exact) mass is 404 g/mol. The van der Waals surface area contributed by atoms with Gasteiger partial charge in [-0.25, -0.2) is 19.9 Å². The highest BCUT2D eigenvalue weighted by atomic mass is 79.9. The van der Waals surface area contributed by atoms with Crippen LogP contribution in [0.4, 0.5) is 0 Å². The fourth-order valence-corrected chi connectivity index (χ4v) is 3.45. The van der Waals surface area contributed by atoms with Gasteiger partial charge < -0.3 is 4.98 Å². The minimum absolute atomic E-state index is 0.569. The highest BCUT2D eigenvalue weighted by Crippen LogP contribution is 2.27. The summed E-state index contributed by atoms with van der Waals surface area (Å²) in [6, 6.07) is 14.1. The molecule has 0 atom stereocenters. The van der Waals surface area contributed by atoms with Gasteiger partial charge in [-0.15, -0.1) is 0 Å². The molecule has 1 N–H and O–H groups in total. The van der Waals surface area contributed by atoms with Crippen LogP contribution < -0.4 is 0 Å². The maximum Gasteiger partial charge on any atom is 0.182 e. The average molecular weight is 405 g/mol. The van der Waals surface area contributed by atoms with Gasteiger partial charge in [0.2, 0.25) is 0 Å². The van der Waals surface area contributed by atoms with Crippen LogP contribution in [-0.4, -0.2) is 29.5 Å². The minimum atomic E-state index is 0.569. The number of fused-ring (bicyclic) bond motifs is 2. The summed E-state index contributed by atoms with van der Waals surface area (Å²) in [6.07, 6.45) is 3.64. The Morgan fingerprint density at radius 3 is 2.85 bits per heavy atom. The van der Waals surface area contributed by atoms with Crippen molar-refractivity contribution in [2.45, 2.75) is 6.92 Å². The van der Waals surface area contributed by atoms with E-state index in [-0.39, 0.29) is 0 Å². The summed E-state index contributed by atoms with van der Waals surface area (Å²) in [6.45, 7) is 1.95. The summed E-state index contributed by atoms with van der Waals surface area (Å²) in [7, 11) is 0. The first-order valence-corrected chi connectivity index (χ1v) is 8.90. The maximum atomic E-state index is 4.79. The molecule has 26 heavy (non-hydrogen) atoms. The van der Waals surface area contributed by atoms with Crippen LogP contribution in [0.3, 0.4) is 0 Å². The van der Waals surface area contributed by atoms with Gasteiger partial charge in [-0.1, -0.05) is 22.0 Å². The van der Waals surface area contributed by atoms with Crippen molar-refractivity contribution in [2.75, 3.05) is 0 Å². The molecule has 5 aromatic rings. The van der Waals surface area contributed by atoms with Crippen LogP contribution in [0.25, 0.3) is 39.4 Å². The van der Waals surface area contributed by atoms with E-state index in [1.165, 1.54) is 0 Å². The number of halogens is 1. The van der Waals surface area contributed by atoms with Gasteiger partial charge in [0.15, 0.2) is 22.8 Å². The minimum Gasteiger partial charge on any atom is -0.329 e. The van der Waals surface area contributed by atoms with Crippen molar-refractivity contribution in [3.8, 4) is 17.3 Å². The van der Waals surface area contributed by atoms with Crippen LogP contribution in [0.2, 0.25) is 0 Å². The molecule has 0 fully saturated rings. The first-order chi connectivity index (χ1) is 12.7. The Hall–Kier alpha value is -3.06. The quantitative estimate of drug-likeness (QED) is 0.472. The zero-order chi connectivity index (χ0) is 17.7. The van der Waals surface area contributed by atoms with E-state index in [2.05, 4.69) is 54.1 Å². The molecule has 4 heterocycles. The molecule has 0 bridgehead atoms. The number of nitrogens with zero attached hydrogens (tertiary/aromatic N) is 5. The van der Waals surface area contributed by atoms with E-state index >= 15 is 0 Å². The van der Waals surface area contributed by atoms with Crippen molar-refractivity contribution in [3.63, 3.8) is 0 Å². The van der Waals surface area contributed by atoms with Crippen LogP contribution in [0.15, 0.2) is 59.5 Å². The fourth-order valence-electron chi connectivity index (χ4n) is 3.07. The second kappa shape index (κ2) is 5.74. The van der Waals surface area contributed by atoms with E-state index in [1.54, 1.807) is 6.33 Å². The highest BCUT2D eigenvalue weighted by molar-refractivity contribution is 9.10. The summed E-state index contributed by atoms with van der Waals surface area (Å²) in [5.41, 5.74) is 4.13. The molecule has 7 heteroatoms. The van der Waals surface area contributed by atoms with E-state index in [0.717, 1.165) is 38.1 Å². The van der Waals surface area contributed by atoms with Crippen LogP contribution in [0.1, 0.15) is 5.69 Å². The molecule has 4 aromatic heterocycles. The lowest BCUT2D eigenvalue weighted by Crippen LogP contribution is -2.02. The molecule has 0 saturated carbocycles. The number of hydrogen-bond acceptors (Lipinski definition) is 4. The van der Waals surface area contributed by atoms with Crippen molar-refractivity contribution in [3.05, 3.63) is 65.2 Å². The molecule has 0 aliphatic carbocycles. The molecule has 0 aliphatic heterocycles.